The molecule has 0 spiro atoms. The summed E-state index contributed by atoms with van der Waals surface area (Å²) in [6, 6.07) is 0.298. The maximum absolute atomic E-state index is 11.9. The lowest BCUT2D eigenvalue weighted by atomic mass is 9.96. The first-order chi connectivity index (χ1) is 6.15. The Hall–Kier alpha value is 0.110. The second-order valence-electron chi connectivity index (χ2n) is 4.10. The van der Waals surface area contributed by atoms with Gasteiger partial charge in [0.05, 0.1) is 0 Å². The Bertz CT molecular complexity index is 184. The molecule has 0 saturated heterocycles. The van der Waals surface area contributed by atoms with E-state index in [-0.39, 0.29) is 0 Å². The van der Waals surface area contributed by atoms with E-state index in [1.165, 1.54) is 0 Å². The monoisotopic (exact) mass is 203 g/mol. The number of hydrogen-bond acceptors (Lipinski definition) is 2. The number of rotatable bonds is 3. The van der Waals surface area contributed by atoms with Crippen molar-refractivity contribution in [3.05, 3.63) is 0 Å². The Morgan fingerprint density at radius 3 is 2.77 bits per heavy atom. The zero-order chi connectivity index (χ0) is 9.84. The van der Waals surface area contributed by atoms with Crippen molar-refractivity contribution in [2.24, 2.45) is 5.73 Å². The molecular formula is C10H21NOS. The summed E-state index contributed by atoms with van der Waals surface area (Å²) in [5.74, 6) is 0. The molecule has 2 N–H and O–H groups in total. The minimum Gasteiger partial charge on any atom is -0.328 e. The molecule has 3 heteroatoms. The summed E-state index contributed by atoms with van der Waals surface area (Å²) in [7, 11) is -0.652. The van der Waals surface area contributed by atoms with Gasteiger partial charge in [0, 0.05) is 27.3 Å². The maximum Gasteiger partial charge on any atom is 0.0365 e. The zero-order valence-corrected chi connectivity index (χ0v) is 9.48. The highest BCUT2D eigenvalue weighted by atomic mass is 32.2. The highest BCUT2D eigenvalue weighted by molar-refractivity contribution is 7.86. The number of hydrogen-bond donors (Lipinski definition) is 1. The fourth-order valence-electron chi connectivity index (χ4n) is 1.88. The average molecular weight is 203 g/mol. The highest BCUT2D eigenvalue weighted by Crippen LogP contribution is 2.24. The van der Waals surface area contributed by atoms with Crippen molar-refractivity contribution >= 4 is 10.8 Å². The van der Waals surface area contributed by atoms with E-state index in [0.29, 0.717) is 16.5 Å². The van der Waals surface area contributed by atoms with Gasteiger partial charge in [-0.1, -0.05) is 20.3 Å². The summed E-state index contributed by atoms with van der Waals surface area (Å²) < 4.78 is 11.9. The Balaban J connectivity index is 2.46. The summed E-state index contributed by atoms with van der Waals surface area (Å²) in [5, 5.41) is 0.717. The molecule has 0 aromatic heterocycles. The van der Waals surface area contributed by atoms with E-state index in [1.807, 2.05) is 0 Å². The van der Waals surface area contributed by atoms with Gasteiger partial charge >= 0.3 is 0 Å². The van der Waals surface area contributed by atoms with Gasteiger partial charge in [0.15, 0.2) is 0 Å². The molecule has 4 atom stereocenters. The fraction of sp³-hybridized carbons (Fsp3) is 1.00. The predicted octanol–water partition coefficient (Wildman–Crippen LogP) is 1.80. The Morgan fingerprint density at radius 1 is 1.54 bits per heavy atom. The molecule has 0 aromatic rings. The normalized spacial score (nSPS) is 34.1. The van der Waals surface area contributed by atoms with Gasteiger partial charge in [0.2, 0.25) is 0 Å². The van der Waals surface area contributed by atoms with E-state index in [2.05, 4.69) is 13.8 Å². The SMILES string of the molecule is CCC(C)S(=O)C1CCCC(N)C1. The van der Waals surface area contributed by atoms with Gasteiger partial charge in [0.25, 0.3) is 0 Å². The molecule has 1 fully saturated rings. The molecule has 0 radical (unpaired) electrons. The van der Waals surface area contributed by atoms with Crippen LogP contribution in [0.3, 0.4) is 0 Å². The molecule has 1 aliphatic carbocycles. The molecule has 1 rings (SSSR count). The van der Waals surface area contributed by atoms with Crippen molar-refractivity contribution in [3.63, 3.8) is 0 Å². The van der Waals surface area contributed by atoms with Crippen LogP contribution in [0, 0.1) is 0 Å². The van der Waals surface area contributed by atoms with Crippen LogP contribution in [-0.4, -0.2) is 20.8 Å². The van der Waals surface area contributed by atoms with E-state index >= 15 is 0 Å². The van der Waals surface area contributed by atoms with E-state index in [4.69, 9.17) is 5.73 Å². The van der Waals surface area contributed by atoms with Gasteiger partial charge in [0.1, 0.15) is 0 Å². The minimum atomic E-state index is -0.652. The van der Waals surface area contributed by atoms with Crippen molar-refractivity contribution in [2.75, 3.05) is 0 Å². The molecule has 4 unspecified atom stereocenters. The summed E-state index contributed by atoms with van der Waals surface area (Å²) in [6.07, 6.45) is 5.38. The lowest BCUT2D eigenvalue weighted by Gasteiger charge is -2.27. The second kappa shape index (κ2) is 5.11. The molecule has 2 nitrogen and oxygen atoms in total. The van der Waals surface area contributed by atoms with E-state index in [9.17, 15) is 4.21 Å². The molecule has 0 heterocycles. The van der Waals surface area contributed by atoms with Gasteiger partial charge < -0.3 is 5.73 Å². The first-order valence-electron chi connectivity index (χ1n) is 5.30. The van der Waals surface area contributed by atoms with Crippen molar-refractivity contribution in [2.45, 2.75) is 62.5 Å². The van der Waals surface area contributed by atoms with Crippen LogP contribution in [0.1, 0.15) is 46.0 Å². The fourth-order valence-corrected chi connectivity index (χ4v) is 3.71. The molecule has 1 aliphatic rings. The summed E-state index contributed by atoms with van der Waals surface area (Å²) in [5.41, 5.74) is 5.87. The smallest absolute Gasteiger partial charge is 0.0365 e. The third-order valence-corrected chi connectivity index (χ3v) is 5.18. The zero-order valence-electron chi connectivity index (χ0n) is 8.66. The van der Waals surface area contributed by atoms with Gasteiger partial charge in [-0.25, -0.2) is 0 Å². The first kappa shape index (κ1) is 11.2. The van der Waals surface area contributed by atoms with Crippen LogP contribution in [0.15, 0.2) is 0 Å². The molecule has 0 amide bonds. The third kappa shape index (κ3) is 3.06. The average Bonchev–Trinajstić information content (AvgIpc) is 2.15. The van der Waals surface area contributed by atoms with Gasteiger partial charge in [-0.05, 0) is 25.7 Å². The lowest BCUT2D eigenvalue weighted by Crippen LogP contribution is -2.35. The first-order valence-corrected chi connectivity index (χ1v) is 6.57. The quantitative estimate of drug-likeness (QED) is 0.760. The molecule has 78 valence electrons. The van der Waals surface area contributed by atoms with Crippen LogP contribution in [0.2, 0.25) is 0 Å². The van der Waals surface area contributed by atoms with Gasteiger partial charge in [-0.15, -0.1) is 0 Å². The van der Waals surface area contributed by atoms with Crippen LogP contribution in [-0.2, 0) is 10.8 Å². The molecule has 0 bridgehead atoms. The molecule has 0 aliphatic heterocycles. The molecule has 13 heavy (non-hydrogen) atoms. The highest BCUT2D eigenvalue weighted by Gasteiger charge is 2.26. The van der Waals surface area contributed by atoms with Gasteiger partial charge in [-0.3, -0.25) is 4.21 Å². The Labute approximate surface area is 83.7 Å². The third-order valence-electron chi connectivity index (χ3n) is 2.97. The largest absolute Gasteiger partial charge is 0.328 e. The maximum atomic E-state index is 11.9. The van der Waals surface area contributed by atoms with Crippen molar-refractivity contribution in [1.29, 1.82) is 0 Å². The second-order valence-corrected chi connectivity index (χ2v) is 6.22. The molecule has 0 aromatic carbocycles. The molecular weight excluding hydrogens is 182 g/mol. The predicted molar refractivity (Wildman–Crippen MR) is 58.1 cm³/mol. The van der Waals surface area contributed by atoms with Crippen LogP contribution in [0.4, 0.5) is 0 Å². The van der Waals surface area contributed by atoms with Gasteiger partial charge in [-0.2, -0.15) is 0 Å². The van der Waals surface area contributed by atoms with Crippen LogP contribution < -0.4 is 5.73 Å². The lowest BCUT2D eigenvalue weighted by molar-refractivity contribution is 0.443. The summed E-state index contributed by atoms with van der Waals surface area (Å²) in [4.78, 5) is 0. The van der Waals surface area contributed by atoms with Crippen LogP contribution in [0.25, 0.3) is 0 Å². The van der Waals surface area contributed by atoms with E-state index < -0.39 is 10.8 Å². The minimum absolute atomic E-state index is 0.298. The van der Waals surface area contributed by atoms with Crippen LogP contribution in [0.5, 0.6) is 0 Å². The van der Waals surface area contributed by atoms with E-state index in [0.717, 1.165) is 32.1 Å². The van der Waals surface area contributed by atoms with Crippen molar-refractivity contribution in [1.82, 2.24) is 0 Å². The summed E-state index contributed by atoms with van der Waals surface area (Å²) in [6.45, 7) is 4.18. The summed E-state index contributed by atoms with van der Waals surface area (Å²) >= 11 is 0. The van der Waals surface area contributed by atoms with Crippen molar-refractivity contribution < 1.29 is 4.21 Å². The number of nitrogens with two attached hydrogens (primary N) is 1. The van der Waals surface area contributed by atoms with Crippen LogP contribution >= 0.6 is 0 Å². The van der Waals surface area contributed by atoms with Crippen molar-refractivity contribution in [3.8, 4) is 0 Å². The standard InChI is InChI=1S/C10H21NOS/c1-3-8(2)13(12)10-6-4-5-9(11)7-10/h8-10H,3-7,11H2,1-2H3. The molecule has 1 saturated carbocycles. The Kier molecular flexibility index (Phi) is 4.39. The topological polar surface area (TPSA) is 43.1 Å². The Morgan fingerprint density at radius 2 is 2.23 bits per heavy atom. The van der Waals surface area contributed by atoms with E-state index in [1.54, 1.807) is 0 Å².